The van der Waals surface area contributed by atoms with Crippen LogP contribution in [0.4, 0.5) is 5.69 Å². The first kappa shape index (κ1) is 12.5. The normalized spacial score (nSPS) is 13.5. The molecule has 2 aromatic carbocycles. The van der Waals surface area contributed by atoms with Crippen molar-refractivity contribution in [3.8, 4) is 0 Å². The fourth-order valence-corrected chi connectivity index (χ4v) is 2.61. The molecule has 0 saturated heterocycles. The Morgan fingerprint density at radius 1 is 0.818 bits per heavy atom. The Hall–Kier alpha value is -3.21. The molecule has 1 aromatic heterocycles. The van der Waals surface area contributed by atoms with Crippen LogP contribution in [0.5, 0.6) is 0 Å². The molecule has 2 heterocycles. The quantitative estimate of drug-likeness (QED) is 0.737. The highest BCUT2D eigenvalue weighted by Crippen LogP contribution is 2.26. The molecular weight excluding hydrogens is 278 g/mol. The summed E-state index contributed by atoms with van der Waals surface area (Å²) in [7, 11) is 0. The number of para-hydroxylation sites is 1. The first-order valence-corrected chi connectivity index (χ1v) is 6.84. The molecule has 5 heteroatoms. The van der Waals surface area contributed by atoms with Crippen molar-refractivity contribution in [1.82, 2.24) is 9.99 Å². The second-order valence-corrected chi connectivity index (χ2v) is 4.98. The van der Waals surface area contributed by atoms with Crippen LogP contribution in [0.15, 0.2) is 60.8 Å². The van der Waals surface area contributed by atoms with Gasteiger partial charge in [-0.25, -0.2) is 0 Å². The second kappa shape index (κ2) is 4.66. The highest BCUT2D eigenvalue weighted by Gasteiger charge is 2.35. The molecule has 4 rings (SSSR count). The van der Waals surface area contributed by atoms with E-state index >= 15 is 0 Å². The summed E-state index contributed by atoms with van der Waals surface area (Å²) in [6.45, 7) is 0. The van der Waals surface area contributed by atoms with Gasteiger partial charge in [0.05, 0.1) is 22.3 Å². The largest absolute Gasteiger partial charge is 0.286 e. The highest BCUT2D eigenvalue weighted by molar-refractivity contribution is 6.22. The monoisotopic (exact) mass is 289 g/mol. The van der Waals surface area contributed by atoms with Gasteiger partial charge in [-0.3, -0.25) is 20.0 Å². The predicted molar refractivity (Wildman–Crippen MR) is 82.3 cm³/mol. The molecule has 0 radical (unpaired) electrons. The minimum atomic E-state index is -0.353. The fourth-order valence-electron chi connectivity index (χ4n) is 2.61. The summed E-state index contributed by atoms with van der Waals surface area (Å²) < 4.78 is 0. The lowest BCUT2D eigenvalue weighted by Gasteiger charge is -2.17. The van der Waals surface area contributed by atoms with Gasteiger partial charge in [0.1, 0.15) is 0 Å². The number of carbonyl (C=O) groups is 2. The van der Waals surface area contributed by atoms with Crippen molar-refractivity contribution in [1.29, 1.82) is 0 Å². The maximum atomic E-state index is 12.4. The van der Waals surface area contributed by atoms with Gasteiger partial charge in [-0.15, -0.1) is 0 Å². The van der Waals surface area contributed by atoms with Gasteiger partial charge >= 0.3 is 0 Å². The van der Waals surface area contributed by atoms with Crippen LogP contribution < -0.4 is 5.43 Å². The third kappa shape index (κ3) is 1.76. The molecule has 1 aliphatic heterocycles. The third-order valence-electron chi connectivity index (χ3n) is 3.66. The molecule has 0 bridgehead atoms. The molecule has 2 amide bonds. The van der Waals surface area contributed by atoms with E-state index in [-0.39, 0.29) is 11.8 Å². The summed E-state index contributed by atoms with van der Waals surface area (Å²) in [5.74, 6) is -0.706. The molecule has 0 saturated carbocycles. The van der Waals surface area contributed by atoms with Gasteiger partial charge < -0.3 is 0 Å². The zero-order valence-corrected chi connectivity index (χ0v) is 11.5. The molecule has 1 N–H and O–H groups in total. The summed E-state index contributed by atoms with van der Waals surface area (Å²) in [6, 6.07) is 16.1. The minimum Gasteiger partial charge on any atom is -0.286 e. The molecule has 0 aliphatic carbocycles. The number of imide groups is 1. The van der Waals surface area contributed by atoms with Gasteiger partial charge in [-0.1, -0.05) is 30.3 Å². The smallest absolute Gasteiger partial charge is 0.280 e. The lowest BCUT2D eigenvalue weighted by molar-refractivity contribution is 0.0691. The van der Waals surface area contributed by atoms with Crippen molar-refractivity contribution in [2.45, 2.75) is 0 Å². The van der Waals surface area contributed by atoms with Gasteiger partial charge in [0.25, 0.3) is 11.8 Å². The first-order chi connectivity index (χ1) is 10.8. The SMILES string of the molecule is O=C1c2ccccc2C(=O)N1Nc1cccc2cccnc12. The molecule has 106 valence electrons. The zero-order chi connectivity index (χ0) is 15.1. The predicted octanol–water partition coefficient (Wildman–Crippen LogP) is 2.86. The van der Waals surface area contributed by atoms with Crippen LogP contribution in [-0.4, -0.2) is 21.8 Å². The number of nitrogens with zero attached hydrogens (tertiary/aromatic N) is 2. The Balaban J connectivity index is 1.76. The number of hydrazine groups is 1. The summed E-state index contributed by atoms with van der Waals surface area (Å²) in [5, 5.41) is 1.97. The molecule has 0 spiro atoms. The van der Waals surface area contributed by atoms with Crippen molar-refractivity contribution in [3.05, 3.63) is 71.9 Å². The van der Waals surface area contributed by atoms with Crippen molar-refractivity contribution in [2.24, 2.45) is 0 Å². The molecule has 5 nitrogen and oxygen atoms in total. The van der Waals surface area contributed by atoms with E-state index in [2.05, 4.69) is 10.4 Å². The Labute approximate surface area is 126 Å². The number of hydrogen-bond donors (Lipinski definition) is 1. The maximum Gasteiger partial charge on any atom is 0.280 e. The molecule has 0 atom stereocenters. The molecule has 22 heavy (non-hydrogen) atoms. The number of carbonyl (C=O) groups excluding carboxylic acids is 2. The number of nitrogens with one attached hydrogen (secondary N) is 1. The summed E-state index contributed by atoms with van der Waals surface area (Å²) >= 11 is 0. The van der Waals surface area contributed by atoms with E-state index in [1.807, 2.05) is 24.3 Å². The van der Waals surface area contributed by atoms with E-state index in [9.17, 15) is 9.59 Å². The Morgan fingerprint density at radius 2 is 1.50 bits per heavy atom. The topological polar surface area (TPSA) is 62.3 Å². The molecule has 3 aromatic rings. The van der Waals surface area contributed by atoms with Gasteiger partial charge in [0.15, 0.2) is 0 Å². The van der Waals surface area contributed by atoms with Crippen LogP contribution in [-0.2, 0) is 0 Å². The number of benzene rings is 2. The third-order valence-corrected chi connectivity index (χ3v) is 3.66. The number of pyridine rings is 1. The van der Waals surface area contributed by atoms with E-state index in [0.29, 0.717) is 22.3 Å². The van der Waals surface area contributed by atoms with Crippen LogP contribution >= 0.6 is 0 Å². The van der Waals surface area contributed by atoms with E-state index in [0.717, 1.165) is 10.4 Å². The standard InChI is InChI=1S/C17H11N3O2/c21-16-12-7-1-2-8-13(12)17(22)20(16)19-14-9-3-5-11-6-4-10-18-15(11)14/h1-10,19H. The lowest BCUT2D eigenvalue weighted by atomic mass is 10.1. The molecule has 0 fully saturated rings. The van der Waals surface area contributed by atoms with Crippen molar-refractivity contribution >= 4 is 28.4 Å². The average molecular weight is 289 g/mol. The van der Waals surface area contributed by atoms with Gasteiger partial charge in [0.2, 0.25) is 0 Å². The Kier molecular flexibility index (Phi) is 2.66. The van der Waals surface area contributed by atoms with Crippen LogP contribution in [0.3, 0.4) is 0 Å². The summed E-state index contributed by atoms with van der Waals surface area (Å²) in [5.41, 5.74) is 5.05. The number of aromatic nitrogens is 1. The van der Waals surface area contributed by atoms with Crippen LogP contribution in [0.2, 0.25) is 0 Å². The van der Waals surface area contributed by atoms with E-state index < -0.39 is 0 Å². The second-order valence-electron chi connectivity index (χ2n) is 4.98. The van der Waals surface area contributed by atoms with E-state index in [4.69, 9.17) is 0 Å². The maximum absolute atomic E-state index is 12.4. The average Bonchev–Trinajstić information content (AvgIpc) is 2.81. The molecule has 0 unspecified atom stereocenters. The van der Waals surface area contributed by atoms with Gasteiger partial charge in [-0.2, -0.15) is 5.01 Å². The molecular formula is C17H11N3O2. The minimum absolute atomic E-state index is 0.353. The number of hydrogen-bond acceptors (Lipinski definition) is 4. The van der Waals surface area contributed by atoms with E-state index in [1.165, 1.54) is 0 Å². The number of anilines is 1. The summed E-state index contributed by atoms with van der Waals surface area (Å²) in [4.78, 5) is 29.1. The fraction of sp³-hybridized carbons (Fsp3) is 0. The van der Waals surface area contributed by atoms with Gasteiger partial charge in [-0.05, 0) is 24.3 Å². The first-order valence-electron chi connectivity index (χ1n) is 6.84. The van der Waals surface area contributed by atoms with Crippen LogP contribution in [0, 0.1) is 0 Å². The van der Waals surface area contributed by atoms with Crippen molar-refractivity contribution in [2.75, 3.05) is 5.43 Å². The van der Waals surface area contributed by atoms with Crippen LogP contribution in [0.1, 0.15) is 20.7 Å². The Bertz CT molecular complexity index is 880. The van der Waals surface area contributed by atoms with E-state index in [1.54, 1.807) is 36.5 Å². The molecule has 1 aliphatic rings. The number of amides is 2. The highest BCUT2D eigenvalue weighted by atomic mass is 16.2. The van der Waals surface area contributed by atoms with Crippen molar-refractivity contribution in [3.63, 3.8) is 0 Å². The number of fused-ring (bicyclic) bond motifs is 2. The Morgan fingerprint density at radius 3 is 2.23 bits per heavy atom. The van der Waals surface area contributed by atoms with Gasteiger partial charge in [0, 0.05) is 11.6 Å². The summed E-state index contributed by atoms with van der Waals surface area (Å²) in [6.07, 6.45) is 1.68. The van der Waals surface area contributed by atoms with Crippen molar-refractivity contribution < 1.29 is 9.59 Å². The number of rotatable bonds is 2. The lowest BCUT2D eigenvalue weighted by Crippen LogP contribution is -2.35. The van der Waals surface area contributed by atoms with Crippen LogP contribution in [0.25, 0.3) is 10.9 Å². The zero-order valence-electron chi connectivity index (χ0n) is 11.5.